The molecule has 0 N–H and O–H groups in total. The summed E-state index contributed by atoms with van der Waals surface area (Å²) in [4.78, 5) is 12.0. The van der Waals surface area contributed by atoms with Crippen LogP contribution in [-0.4, -0.2) is 14.9 Å². The second kappa shape index (κ2) is 2.41. The average Bonchev–Trinajstić information content (AvgIpc) is 2.28. The fourth-order valence-electron chi connectivity index (χ4n) is 2.88. The molecule has 2 saturated carbocycles. The maximum Gasteiger partial charge on any atom is 0.154 e. The summed E-state index contributed by atoms with van der Waals surface area (Å²) in [5, 5.41) is 0. The fraction of sp³-hybridized carbons (Fsp3) is 0.900. The van der Waals surface area contributed by atoms with E-state index < -0.39 is 0 Å². The summed E-state index contributed by atoms with van der Waals surface area (Å²) < 4.78 is -0.0220. The molecule has 2 aliphatic carbocycles. The topological polar surface area (TPSA) is 17.1 Å². The van der Waals surface area contributed by atoms with Crippen LogP contribution >= 0.6 is 31.9 Å². The molecule has 2 fully saturated rings. The molecule has 2 aliphatic rings. The van der Waals surface area contributed by atoms with Crippen LogP contribution in [0.15, 0.2) is 0 Å². The van der Waals surface area contributed by atoms with Gasteiger partial charge in [0.1, 0.15) is 0 Å². The van der Waals surface area contributed by atoms with Gasteiger partial charge < -0.3 is 0 Å². The second-order valence-corrected chi connectivity index (χ2v) is 7.38. The van der Waals surface area contributed by atoms with Gasteiger partial charge in [-0.15, -0.1) is 0 Å². The van der Waals surface area contributed by atoms with Crippen molar-refractivity contribution in [1.29, 1.82) is 0 Å². The van der Waals surface area contributed by atoms with Crippen molar-refractivity contribution in [1.82, 2.24) is 0 Å². The van der Waals surface area contributed by atoms with Gasteiger partial charge in [0.05, 0.1) is 9.15 Å². The molecule has 1 nitrogen and oxygen atoms in total. The Bertz CT molecular complexity index is 284. The first kappa shape index (κ1) is 10.2. The largest absolute Gasteiger partial charge is 0.298 e. The zero-order valence-electron chi connectivity index (χ0n) is 8.16. The highest BCUT2D eigenvalue weighted by atomic mass is 79.9. The van der Waals surface area contributed by atoms with E-state index >= 15 is 0 Å². The van der Waals surface area contributed by atoms with Crippen molar-refractivity contribution < 1.29 is 4.79 Å². The second-order valence-electron chi connectivity index (χ2n) is 5.05. The Morgan fingerprint density at radius 1 is 1.31 bits per heavy atom. The number of hydrogen-bond acceptors (Lipinski definition) is 1. The number of rotatable bonds is 0. The van der Waals surface area contributed by atoms with Crippen molar-refractivity contribution in [2.45, 2.75) is 42.8 Å². The summed E-state index contributed by atoms with van der Waals surface area (Å²) in [6.45, 7) is 6.52. The first-order valence-electron chi connectivity index (χ1n) is 4.65. The van der Waals surface area contributed by atoms with Crippen LogP contribution in [0, 0.1) is 10.8 Å². The number of carbonyl (C=O) groups is 1. The minimum atomic E-state index is -0.134. The monoisotopic (exact) mass is 308 g/mol. The fourth-order valence-corrected chi connectivity index (χ4v) is 5.03. The zero-order chi connectivity index (χ0) is 10.1. The molecule has 0 unspecified atom stereocenters. The maximum atomic E-state index is 12.0. The van der Waals surface area contributed by atoms with Gasteiger partial charge in [0.2, 0.25) is 0 Å². The highest BCUT2D eigenvalue weighted by Crippen LogP contribution is 2.70. The number of fused-ring (bicyclic) bond motifs is 2. The molecule has 0 amide bonds. The summed E-state index contributed by atoms with van der Waals surface area (Å²) >= 11 is 7.31. The van der Waals surface area contributed by atoms with Crippen LogP contribution < -0.4 is 0 Å². The highest BCUT2D eigenvalue weighted by molar-refractivity contribution is 9.12. The molecule has 0 aromatic rings. The molecule has 0 aromatic carbocycles. The van der Waals surface area contributed by atoms with Gasteiger partial charge >= 0.3 is 0 Å². The highest BCUT2D eigenvalue weighted by Gasteiger charge is 2.73. The standard InChI is InChI=1S/C10H14Br2O/c1-8(2)9(3)4-5-10(8,12)6(11)7(9)13/h6H,4-5H2,1-3H3/t6-,9-,10+/m1/s1. The van der Waals surface area contributed by atoms with Crippen molar-refractivity contribution in [2.24, 2.45) is 10.8 Å². The van der Waals surface area contributed by atoms with Crippen LogP contribution in [0.1, 0.15) is 33.6 Å². The van der Waals surface area contributed by atoms with Gasteiger partial charge in [0.15, 0.2) is 5.78 Å². The van der Waals surface area contributed by atoms with Crippen LogP contribution in [0.3, 0.4) is 0 Å². The van der Waals surface area contributed by atoms with E-state index in [0.717, 1.165) is 12.8 Å². The van der Waals surface area contributed by atoms with Gasteiger partial charge in [-0.25, -0.2) is 0 Å². The van der Waals surface area contributed by atoms with Crippen molar-refractivity contribution in [3.8, 4) is 0 Å². The van der Waals surface area contributed by atoms with Crippen molar-refractivity contribution in [3.05, 3.63) is 0 Å². The first-order chi connectivity index (χ1) is 5.77. The molecule has 0 aromatic heterocycles. The Morgan fingerprint density at radius 2 is 1.85 bits per heavy atom. The van der Waals surface area contributed by atoms with E-state index in [2.05, 4.69) is 52.6 Å². The summed E-state index contributed by atoms with van der Waals surface area (Å²) in [6.07, 6.45) is 2.12. The van der Waals surface area contributed by atoms with Gasteiger partial charge in [-0.2, -0.15) is 0 Å². The molecule has 2 rings (SSSR count). The predicted molar refractivity (Wildman–Crippen MR) is 60.5 cm³/mol. The van der Waals surface area contributed by atoms with E-state index in [1.807, 2.05) is 0 Å². The molecule has 13 heavy (non-hydrogen) atoms. The Labute approximate surface area is 95.9 Å². The molecular formula is C10H14Br2O. The number of hydrogen-bond donors (Lipinski definition) is 0. The molecule has 3 heteroatoms. The Morgan fingerprint density at radius 3 is 2.08 bits per heavy atom. The van der Waals surface area contributed by atoms with Crippen LogP contribution in [0.2, 0.25) is 0 Å². The van der Waals surface area contributed by atoms with E-state index in [4.69, 9.17) is 0 Å². The summed E-state index contributed by atoms with van der Waals surface area (Å²) in [5.41, 5.74) is -0.0735. The SMILES string of the molecule is CC1(C)[C@]2(C)CC[C@]1(Br)[C@H](Br)C2=O. The van der Waals surface area contributed by atoms with Crippen LogP contribution in [-0.2, 0) is 4.79 Å². The van der Waals surface area contributed by atoms with Crippen molar-refractivity contribution in [3.63, 3.8) is 0 Å². The number of carbonyl (C=O) groups excluding carboxylic acids is 1. The minimum absolute atomic E-state index is 0.00579. The molecule has 0 saturated heterocycles. The predicted octanol–water partition coefficient (Wildman–Crippen LogP) is 3.29. The first-order valence-corrected chi connectivity index (χ1v) is 6.35. The van der Waals surface area contributed by atoms with E-state index in [9.17, 15) is 4.79 Å². The quantitative estimate of drug-likeness (QED) is 0.628. The number of halogens is 2. The molecular weight excluding hydrogens is 296 g/mol. The van der Waals surface area contributed by atoms with Gasteiger partial charge in [-0.05, 0) is 18.3 Å². The number of alkyl halides is 2. The third-order valence-corrected chi connectivity index (χ3v) is 8.24. The number of ketones is 1. The number of Topliss-reactive ketones (excluding diaryl/α,β-unsaturated/α-hetero) is 1. The van der Waals surface area contributed by atoms with E-state index in [0.29, 0.717) is 5.78 Å². The van der Waals surface area contributed by atoms with E-state index in [1.54, 1.807) is 0 Å². The lowest BCUT2D eigenvalue weighted by atomic mass is 9.70. The Kier molecular flexibility index (Phi) is 1.88. The van der Waals surface area contributed by atoms with Crippen LogP contribution in [0.25, 0.3) is 0 Å². The third kappa shape index (κ3) is 0.823. The smallest absolute Gasteiger partial charge is 0.154 e. The Hall–Kier alpha value is 0.630. The summed E-state index contributed by atoms with van der Waals surface area (Å²) in [5.74, 6) is 0.376. The average molecular weight is 310 g/mol. The van der Waals surface area contributed by atoms with Gasteiger partial charge in [-0.3, -0.25) is 4.79 Å². The van der Waals surface area contributed by atoms with Crippen molar-refractivity contribution in [2.75, 3.05) is 0 Å². The summed E-state index contributed by atoms with van der Waals surface area (Å²) in [7, 11) is 0. The lowest BCUT2D eigenvalue weighted by molar-refractivity contribution is -0.127. The molecule has 3 atom stereocenters. The maximum absolute atomic E-state index is 12.0. The normalized spacial score (nSPS) is 53.0. The summed E-state index contributed by atoms with van der Waals surface area (Å²) in [6, 6.07) is 0. The van der Waals surface area contributed by atoms with Gasteiger partial charge in [0, 0.05) is 5.41 Å². The van der Waals surface area contributed by atoms with E-state index in [-0.39, 0.29) is 20.0 Å². The lowest BCUT2D eigenvalue weighted by Gasteiger charge is -2.36. The van der Waals surface area contributed by atoms with Crippen molar-refractivity contribution >= 4 is 37.6 Å². The van der Waals surface area contributed by atoms with E-state index in [1.165, 1.54) is 0 Å². The third-order valence-electron chi connectivity index (χ3n) is 4.58. The zero-order valence-corrected chi connectivity index (χ0v) is 11.3. The molecule has 2 bridgehead atoms. The Balaban J connectivity index is 2.61. The molecule has 74 valence electrons. The molecule has 0 radical (unpaired) electrons. The van der Waals surface area contributed by atoms with Gasteiger partial charge in [-0.1, -0.05) is 52.6 Å². The molecule has 0 heterocycles. The molecule has 0 aliphatic heterocycles. The van der Waals surface area contributed by atoms with Crippen LogP contribution in [0.5, 0.6) is 0 Å². The minimum Gasteiger partial charge on any atom is -0.298 e. The molecule has 0 spiro atoms. The van der Waals surface area contributed by atoms with Gasteiger partial charge in [0.25, 0.3) is 0 Å². The lowest BCUT2D eigenvalue weighted by Crippen LogP contribution is -2.38. The van der Waals surface area contributed by atoms with Crippen LogP contribution in [0.4, 0.5) is 0 Å².